The molecule has 0 fully saturated rings. The SMILES string of the molecule is CCC(=O)OCn1cc(COc2ccc(C3=NN(C(C)=O)C(C(C)[Se]c4ccccc4)O3)cc2)nn1. The number of aromatic nitrogens is 3. The smallest absolute Gasteiger partial charge is 0.0639 e. The van der Waals surface area contributed by atoms with E-state index in [1.807, 2.05) is 30.3 Å². The van der Waals surface area contributed by atoms with E-state index in [1.165, 1.54) is 21.1 Å². The zero-order valence-corrected chi connectivity index (χ0v) is 21.9. The van der Waals surface area contributed by atoms with Crippen molar-refractivity contribution in [1.29, 1.82) is 0 Å². The quantitative estimate of drug-likeness (QED) is 0.279. The van der Waals surface area contributed by atoms with Crippen LogP contribution in [0, 0.1) is 0 Å². The van der Waals surface area contributed by atoms with E-state index in [4.69, 9.17) is 14.2 Å². The van der Waals surface area contributed by atoms with Gasteiger partial charge in [0.05, 0.1) is 0 Å². The third kappa shape index (κ3) is 6.50. The summed E-state index contributed by atoms with van der Waals surface area (Å²) in [4.78, 5) is 23.6. The van der Waals surface area contributed by atoms with Crippen LogP contribution in [0.4, 0.5) is 0 Å². The van der Waals surface area contributed by atoms with Crippen LogP contribution in [0.3, 0.4) is 0 Å². The summed E-state index contributed by atoms with van der Waals surface area (Å²) in [5, 5.41) is 13.8. The molecule has 0 bridgehead atoms. The molecule has 1 aromatic heterocycles. The molecule has 0 N–H and O–H groups in total. The first-order valence-corrected chi connectivity index (χ1v) is 13.3. The van der Waals surface area contributed by atoms with Gasteiger partial charge in [-0.25, -0.2) is 4.68 Å². The molecule has 1 aliphatic rings. The molecule has 0 saturated heterocycles. The van der Waals surface area contributed by atoms with Crippen molar-refractivity contribution >= 4 is 37.2 Å². The molecule has 188 valence electrons. The number of nitrogens with zero attached hydrogens (tertiary/aromatic N) is 5. The molecule has 1 amide bonds. The van der Waals surface area contributed by atoms with Gasteiger partial charge in [-0.2, -0.15) is 0 Å². The van der Waals surface area contributed by atoms with E-state index in [2.05, 4.69) is 34.5 Å². The second-order valence-corrected chi connectivity index (χ2v) is 11.0. The average Bonchev–Trinajstić information content (AvgIpc) is 3.55. The fourth-order valence-corrected chi connectivity index (χ4v) is 5.51. The summed E-state index contributed by atoms with van der Waals surface area (Å²) < 4.78 is 19.6. The van der Waals surface area contributed by atoms with Gasteiger partial charge in [-0.15, -0.1) is 0 Å². The maximum atomic E-state index is 12.2. The fourth-order valence-electron chi connectivity index (χ4n) is 3.34. The van der Waals surface area contributed by atoms with Crippen LogP contribution in [0.1, 0.15) is 38.4 Å². The molecule has 0 saturated carbocycles. The number of hydrogen-bond donors (Lipinski definition) is 0. The molecule has 3 aromatic rings. The van der Waals surface area contributed by atoms with E-state index in [0.29, 0.717) is 23.8 Å². The van der Waals surface area contributed by atoms with E-state index in [1.54, 1.807) is 25.3 Å². The zero-order valence-electron chi connectivity index (χ0n) is 20.2. The summed E-state index contributed by atoms with van der Waals surface area (Å²) >= 11 is 0.113. The summed E-state index contributed by atoms with van der Waals surface area (Å²) in [6, 6.07) is 17.5. The Kier molecular flexibility index (Phi) is 8.35. The Labute approximate surface area is 215 Å². The second kappa shape index (κ2) is 11.8. The first kappa shape index (κ1) is 25.4. The summed E-state index contributed by atoms with van der Waals surface area (Å²) in [5.41, 5.74) is 1.35. The van der Waals surface area contributed by atoms with E-state index < -0.39 is 6.23 Å². The van der Waals surface area contributed by atoms with Gasteiger partial charge in [-0.05, 0) is 0 Å². The van der Waals surface area contributed by atoms with Crippen molar-refractivity contribution in [3.8, 4) is 5.75 Å². The predicted molar refractivity (Wildman–Crippen MR) is 132 cm³/mol. The Hall–Kier alpha value is -3.69. The molecule has 10 nitrogen and oxygen atoms in total. The van der Waals surface area contributed by atoms with Crippen molar-refractivity contribution in [2.75, 3.05) is 0 Å². The molecule has 1 aliphatic heterocycles. The van der Waals surface area contributed by atoms with Crippen LogP contribution in [0.2, 0.25) is 4.82 Å². The van der Waals surface area contributed by atoms with Crippen LogP contribution < -0.4 is 9.20 Å². The van der Waals surface area contributed by atoms with Crippen LogP contribution in [0.15, 0.2) is 65.9 Å². The van der Waals surface area contributed by atoms with Gasteiger partial charge in [-0.3, -0.25) is 4.79 Å². The van der Waals surface area contributed by atoms with Crippen LogP contribution in [-0.4, -0.2) is 59.0 Å². The maximum absolute atomic E-state index is 12.2. The summed E-state index contributed by atoms with van der Waals surface area (Å²) in [7, 11) is 0. The Morgan fingerprint density at radius 2 is 1.89 bits per heavy atom. The van der Waals surface area contributed by atoms with Gasteiger partial charge in [0.2, 0.25) is 0 Å². The summed E-state index contributed by atoms with van der Waals surface area (Å²) in [5.74, 6) is 0.568. The monoisotopic (exact) mass is 557 g/mol. The van der Waals surface area contributed by atoms with Gasteiger partial charge in [-0.1, -0.05) is 12.1 Å². The van der Waals surface area contributed by atoms with Gasteiger partial charge in [0.1, 0.15) is 0 Å². The van der Waals surface area contributed by atoms with Gasteiger partial charge in [0, 0.05) is 6.42 Å². The zero-order chi connectivity index (χ0) is 25.5. The minimum Gasteiger partial charge on any atom is -0.0639 e. The molecule has 0 spiro atoms. The van der Waals surface area contributed by atoms with E-state index >= 15 is 0 Å². The number of carbonyl (C=O) groups is 2. The molecular weight excluding hydrogens is 529 g/mol. The number of ether oxygens (including phenoxy) is 3. The first-order chi connectivity index (χ1) is 17.4. The molecular formula is C25H27N5O5Se. The Morgan fingerprint density at radius 1 is 1.14 bits per heavy atom. The molecule has 36 heavy (non-hydrogen) atoms. The standard InChI is InChI=1S/C25H27N5O5Se/c1-4-23(32)34-16-29-14-20(26-28-29)15-33-21-12-10-19(11-13-21)24-27-30(18(3)31)25(35-24)17(2)36-22-8-6-5-7-9-22/h5-14,17,25H,4,15-16H2,1-3H3. The number of rotatable bonds is 10. The van der Waals surface area contributed by atoms with Crippen LogP contribution >= 0.6 is 0 Å². The minimum absolute atomic E-state index is 0.0137. The van der Waals surface area contributed by atoms with Crippen LogP contribution in [-0.2, 0) is 32.4 Å². The van der Waals surface area contributed by atoms with Crippen molar-refractivity contribution in [2.24, 2.45) is 5.10 Å². The van der Waals surface area contributed by atoms with Gasteiger partial charge in [0.25, 0.3) is 0 Å². The fraction of sp³-hybridized carbons (Fsp3) is 0.320. The van der Waals surface area contributed by atoms with Crippen molar-refractivity contribution < 1.29 is 23.8 Å². The summed E-state index contributed by atoms with van der Waals surface area (Å²) in [6.07, 6.45) is 1.51. The van der Waals surface area contributed by atoms with Crippen molar-refractivity contribution in [3.05, 3.63) is 72.1 Å². The predicted octanol–water partition coefficient (Wildman–Crippen LogP) is 2.47. The number of esters is 1. The number of carbonyl (C=O) groups excluding carboxylic acids is 2. The third-order valence-electron chi connectivity index (χ3n) is 5.18. The number of hydrazone groups is 1. The van der Waals surface area contributed by atoms with E-state index in [-0.39, 0.29) is 45.0 Å². The van der Waals surface area contributed by atoms with Gasteiger partial charge >= 0.3 is 176 Å². The van der Waals surface area contributed by atoms with Crippen molar-refractivity contribution in [2.45, 2.75) is 51.6 Å². The third-order valence-corrected chi connectivity index (χ3v) is 7.59. The van der Waals surface area contributed by atoms with Gasteiger partial charge in [0.15, 0.2) is 6.73 Å². The second-order valence-electron chi connectivity index (χ2n) is 7.97. The number of hydrogen-bond acceptors (Lipinski definition) is 8. The molecule has 2 atom stereocenters. The Bertz CT molecular complexity index is 1220. The molecule has 2 heterocycles. The number of amides is 1. The average molecular weight is 556 g/mol. The Morgan fingerprint density at radius 3 is 2.58 bits per heavy atom. The molecule has 0 radical (unpaired) electrons. The molecule has 4 rings (SSSR count). The Balaban J connectivity index is 1.34. The minimum atomic E-state index is -0.451. The first-order valence-electron chi connectivity index (χ1n) is 11.5. The van der Waals surface area contributed by atoms with Gasteiger partial charge < -0.3 is 4.74 Å². The van der Waals surface area contributed by atoms with E-state index in [0.717, 1.165) is 5.56 Å². The van der Waals surface area contributed by atoms with Crippen LogP contribution in [0.25, 0.3) is 0 Å². The molecule has 2 aromatic carbocycles. The molecule has 11 heteroatoms. The van der Waals surface area contributed by atoms with Crippen LogP contribution in [0.5, 0.6) is 5.75 Å². The normalized spacial score (nSPS) is 15.7. The molecule has 2 unspecified atom stereocenters. The van der Waals surface area contributed by atoms with Crippen molar-refractivity contribution in [3.63, 3.8) is 0 Å². The van der Waals surface area contributed by atoms with E-state index in [9.17, 15) is 9.59 Å². The number of benzene rings is 2. The van der Waals surface area contributed by atoms with Crippen molar-refractivity contribution in [1.82, 2.24) is 20.0 Å². The topological polar surface area (TPSA) is 108 Å². The summed E-state index contributed by atoms with van der Waals surface area (Å²) in [6.45, 7) is 5.52. The molecule has 0 aliphatic carbocycles.